The first-order valence-corrected chi connectivity index (χ1v) is 8.59. The molecule has 0 atom stereocenters. The third-order valence-electron chi connectivity index (χ3n) is 3.19. The number of pyridine rings is 1. The van der Waals surface area contributed by atoms with Gasteiger partial charge in [0.15, 0.2) is 0 Å². The Hall–Kier alpha value is -1.88. The summed E-state index contributed by atoms with van der Waals surface area (Å²) in [7, 11) is 0. The van der Waals surface area contributed by atoms with Gasteiger partial charge in [0.1, 0.15) is 5.82 Å². The first-order valence-electron chi connectivity index (χ1n) is 7.60. The molecule has 0 aliphatic heterocycles. The second-order valence-corrected chi connectivity index (χ2v) is 6.26. The number of ether oxygens (including phenoxy) is 1. The molecule has 0 unspecified atom stereocenters. The molecule has 0 saturated carbocycles. The highest BCUT2D eigenvalue weighted by atomic mass is 32.2. The second kappa shape index (κ2) is 9.30. The van der Waals surface area contributed by atoms with Crippen molar-refractivity contribution in [3.63, 3.8) is 0 Å². The van der Waals surface area contributed by atoms with Crippen molar-refractivity contribution >= 4 is 17.7 Å². The van der Waals surface area contributed by atoms with Crippen LogP contribution < -0.4 is 0 Å². The first-order chi connectivity index (χ1) is 11.1. The van der Waals surface area contributed by atoms with E-state index in [1.165, 1.54) is 17.8 Å². The Morgan fingerprint density at radius 3 is 2.83 bits per heavy atom. The molecule has 1 aromatic heterocycles. The molecule has 0 N–H and O–H groups in total. The fourth-order valence-electron chi connectivity index (χ4n) is 2.06. The van der Waals surface area contributed by atoms with Crippen LogP contribution in [-0.4, -0.2) is 23.3 Å². The molecule has 3 nitrogen and oxygen atoms in total. The molecule has 23 heavy (non-hydrogen) atoms. The van der Waals surface area contributed by atoms with Crippen molar-refractivity contribution in [1.29, 1.82) is 0 Å². The molecule has 1 heterocycles. The maximum Gasteiger partial charge on any atom is 0.306 e. The summed E-state index contributed by atoms with van der Waals surface area (Å²) < 4.78 is 18.6. The van der Waals surface area contributed by atoms with Gasteiger partial charge in [0, 0.05) is 22.0 Å². The standard InChI is InChI=1S/C18H20FNO2S/c1-14-6-4-7-15(20-14)8-5-12-22-18(21)11-13-23-17-10-3-2-9-16(17)19/h2-4,6-7,9-10H,5,8,11-13H2,1H3. The van der Waals surface area contributed by atoms with E-state index < -0.39 is 0 Å². The zero-order valence-corrected chi connectivity index (χ0v) is 13.9. The predicted octanol–water partition coefficient (Wildman–Crippen LogP) is 4.19. The number of thioether (sulfide) groups is 1. The number of hydrogen-bond donors (Lipinski definition) is 0. The number of carbonyl (C=O) groups excluding carboxylic acids is 1. The van der Waals surface area contributed by atoms with Crippen molar-refractivity contribution in [2.24, 2.45) is 0 Å². The van der Waals surface area contributed by atoms with Crippen LogP contribution >= 0.6 is 11.8 Å². The van der Waals surface area contributed by atoms with Crippen LogP contribution in [0.2, 0.25) is 0 Å². The molecule has 0 bridgehead atoms. The van der Waals surface area contributed by atoms with E-state index in [0.29, 0.717) is 17.3 Å². The summed E-state index contributed by atoms with van der Waals surface area (Å²) in [4.78, 5) is 16.6. The van der Waals surface area contributed by atoms with Gasteiger partial charge in [-0.2, -0.15) is 0 Å². The Labute approximate surface area is 140 Å². The molecule has 1 aromatic carbocycles. The van der Waals surface area contributed by atoms with Crippen LogP contribution in [0.1, 0.15) is 24.2 Å². The Morgan fingerprint density at radius 2 is 2.04 bits per heavy atom. The van der Waals surface area contributed by atoms with Gasteiger partial charge in [-0.1, -0.05) is 18.2 Å². The topological polar surface area (TPSA) is 39.2 Å². The molecule has 5 heteroatoms. The molecule has 0 amide bonds. The van der Waals surface area contributed by atoms with E-state index in [4.69, 9.17) is 4.74 Å². The molecule has 0 spiro atoms. The van der Waals surface area contributed by atoms with Gasteiger partial charge in [0.25, 0.3) is 0 Å². The highest BCUT2D eigenvalue weighted by molar-refractivity contribution is 7.99. The summed E-state index contributed by atoms with van der Waals surface area (Å²) in [5.74, 6) is 0.0155. The predicted molar refractivity (Wildman–Crippen MR) is 90.0 cm³/mol. The molecule has 122 valence electrons. The van der Waals surface area contributed by atoms with Crippen molar-refractivity contribution in [2.75, 3.05) is 12.4 Å². The Balaban J connectivity index is 1.59. The van der Waals surface area contributed by atoms with Gasteiger partial charge in [-0.3, -0.25) is 9.78 Å². The summed E-state index contributed by atoms with van der Waals surface area (Å²) in [5, 5.41) is 0. The highest BCUT2D eigenvalue weighted by Crippen LogP contribution is 2.21. The van der Waals surface area contributed by atoms with Gasteiger partial charge in [-0.15, -0.1) is 11.8 Å². The van der Waals surface area contributed by atoms with E-state index in [9.17, 15) is 9.18 Å². The largest absolute Gasteiger partial charge is 0.466 e. The summed E-state index contributed by atoms with van der Waals surface area (Å²) in [5.41, 5.74) is 2.00. The molecule has 0 aliphatic carbocycles. The van der Waals surface area contributed by atoms with Crippen molar-refractivity contribution in [3.05, 3.63) is 59.7 Å². The lowest BCUT2D eigenvalue weighted by atomic mass is 10.2. The number of hydrogen-bond acceptors (Lipinski definition) is 4. The maximum atomic E-state index is 13.4. The van der Waals surface area contributed by atoms with Crippen LogP contribution in [0.25, 0.3) is 0 Å². The zero-order valence-electron chi connectivity index (χ0n) is 13.1. The third-order valence-corrected chi connectivity index (χ3v) is 4.24. The van der Waals surface area contributed by atoms with Crippen molar-refractivity contribution < 1.29 is 13.9 Å². The maximum absolute atomic E-state index is 13.4. The number of aryl methyl sites for hydroxylation is 2. The average Bonchev–Trinajstić information content (AvgIpc) is 2.53. The minimum atomic E-state index is -0.253. The van der Waals surface area contributed by atoms with Gasteiger partial charge in [0.2, 0.25) is 0 Å². The Bertz CT molecular complexity index is 648. The average molecular weight is 333 g/mol. The Kier molecular flexibility index (Phi) is 7.07. The normalized spacial score (nSPS) is 10.5. The molecule has 0 saturated heterocycles. The van der Waals surface area contributed by atoms with Crippen LogP contribution in [0.5, 0.6) is 0 Å². The van der Waals surface area contributed by atoms with Crippen LogP contribution in [0.4, 0.5) is 4.39 Å². The van der Waals surface area contributed by atoms with Gasteiger partial charge >= 0.3 is 5.97 Å². The monoisotopic (exact) mass is 333 g/mol. The van der Waals surface area contributed by atoms with Crippen molar-refractivity contribution in [3.8, 4) is 0 Å². The van der Waals surface area contributed by atoms with Gasteiger partial charge in [-0.05, 0) is 44.0 Å². The molecule has 2 aromatic rings. The number of carbonyl (C=O) groups is 1. The molecule has 0 fully saturated rings. The zero-order chi connectivity index (χ0) is 16.5. The number of rotatable bonds is 8. The quantitative estimate of drug-likeness (QED) is 0.412. The molecular formula is C18H20FNO2S. The van der Waals surface area contributed by atoms with Crippen molar-refractivity contribution in [1.82, 2.24) is 4.98 Å². The lowest BCUT2D eigenvalue weighted by Crippen LogP contribution is -2.08. The first kappa shape index (κ1) is 17.5. The lowest BCUT2D eigenvalue weighted by molar-refractivity contribution is -0.143. The summed E-state index contributed by atoms with van der Waals surface area (Å²) in [6.45, 7) is 2.34. The summed E-state index contributed by atoms with van der Waals surface area (Å²) >= 11 is 1.33. The van der Waals surface area contributed by atoms with Crippen LogP contribution in [0.3, 0.4) is 0 Å². The van der Waals surface area contributed by atoms with Gasteiger partial charge in [-0.25, -0.2) is 4.39 Å². The number of nitrogens with zero attached hydrogens (tertiary/aromatic N) is 1. The van der Waals surface area contributed by atoms with Gasteiger partial charge in [0.05, 0.1) is 13.0 Å². The molecule has 0 radical (unpaired) electrons. The SMILES string of the molecule is Cc1cccc(CCCOC(=O)CCSc2ccccc2F)n1. The molecular weight excluding hydrogens is 313 g/mol. The number of aromatic nitrogens is 1. The van der Waals surface area contributed by atoms with E-state index in [0.717, 1.165) is 24.2 Å². The van der Waals surface area contributed by atoms with E-state index in [2.05, 4.69) is 4.98 Å². The summed E-state index contributed by atoms with van der Waals surface area (Å²) in [6, 6.07) is 12.5. The number of esters is 1. The van der Waals surface area contributed by atoms with Crippen molar-refractivity contribution in [2.45, 2.75) is 31.1 Å². The second-order valence-electron chi connectivity index (χ2n) is 5.12. The van der Waals surface area contributed by atoms with E-state index in [1.54, 1.807) is 18.2 Å². The van der Waals surface area contributed by atoms with Crippen LogP contribution in [0.15, 0.2) is 47.4 Å². The number of benzene rings is 1. The van der Waals surface area contributed by atoms with Gasteiger partial charge < -0.3 is 4.74 Å². The summed E-state index contributed by atoms with van der Waals surface area (Å²) in [6.07, 6.45) is 1.82. The smallest absolute Gasteiger partial charge is 0.306 e. The van der Waals surface area contributed by atoms with Crippen LogP contribution in [-0.2, 0) is 16.0 Å². The third kappa shape index (κ3) is 6.40. The molecule has 2 rings (SSSR count). The van der Waals surface area contributed by atoms with E-state index in [1.807, 2.05) is 25.1 Å². The van der Waals surface area contributed by atoms with Crippen LogP contribution in [0, 0.1) is 12.7 Å². The Morgan fingerprint density at radius 1 is 1.22 bits per heavy atom. The minimum Gasteiger partial charge on any atom is -0.466 e. The van der Waals surface area contributed by atoms with E-state index in [-0.39, 0.29) is 18.2 Å². The fraction of sp³-hybridized carbons (Fsp3) is 0.333. The number of halogens is 1. The minimum absolute atomic E-state index is 0.244. The molecule has 0 aliphatic rings. The lowest BCUT2D eigenvalue weighted by Gasteiger charge is -2.06. The van der Waals surface area contributed by atoms with E-state index >= 15 is 0 Å². The fourth-order valence-corrected chi connectivity index (χ4v) is 2.93. The highest BCUT2D eigenvalue weighted by Gasteiger charge is 2.06.